The third kappa shape index (κ3) is 2.84. The number of hydrogen-bond donors (Lipinski definition) is 1. The van der Waals surface area contributed by atoms with E-state index >= 15 is 0 Å². The highest BCUT2D eigenvalue weighted by Gasteiger charge is 2.38. The third-order valence-corrected chi connectivity index (χ3v) is 5.86. The first-order valence-electron chi connectivity index (χ1n) is 7.17. The normalized spacial score (nSPS) is 19.5. The summed E-state index contributed by atoms with van der Waals surface area (Å²) >= 11 is 0. The number of aliphatic carboxylic acids is 1. The first-order chi connectivity index (χ1) is 10.5. The molecule has 2 aromatic rings. The molecule has 0 aliphatic carbocycles. The van der Waals surface area contributed by atoms with Gasteiger partial charge in [-0.2, -0.15) is 4.31 Å². The Labute approximate surface area is 129 Å². The molecule has 6 heteroatoms. The zero-order chi connectivity index (χ0) is 15.7. The maximum absolute atomic E-state index is 12.5. The van der Waals surface area contributed by atoms with Crippen LogP contribution in [-0.2, 0) is 20.6 Å². The summed E-state index contributed by atoms with van der Waals surface area (Å²) in [6, 6.07) is 12.3. The fraction of sp³-hybridized carbons (Fsp3) is 0.312. The lowest BCUT2D eigenvalue weighted by Crippen LogP contribution is -2.40. The standard InChI is InChI=1S/C16H17NO4S/c18-16(19)15-6-3-9-17(15)22(20,21)11-12-7-8-13-4-1-2-5-14(13)10-12/h1-2,4-5,7-8,10,15H,3,6,9,11H2,(H,18,19)/t15-/m0/s1. The second kappa shape index (κ2) is 5.70. The van der Waals surface area contributed by atoms with Crippen LogP contribution in [0.3, 0.4) is 0 Å². The Kier molecular flexibility index (Phi) is 3.88. The lowest BCUT2D eigenvalue weighted by atomic mass is 10.1. The SMILES string of the molecule is O=C(O)[C@@H]1CCCN1S(=O)(=O)Cc1ccc2ccccc2c1. The molecule has 0 radical (unpaired) electrons. The predicted octanol–water partition coefficient (Wildman–Crippen LogP) is 2.22. The van der Waals surface area contributed by atoms with Crippen LogP contribution < -0.4 is 0 Å². The molecule has 0 bridgehead atoms. The molecule has 5 nitrogen and oxygen atoms in total. The zero-order valence-electron chi connectivity index (χ0n) is 12.0. The average Bonchev–Trinajstić information content (AvgIpc) is 2.97. The van der Waals surface area contributed by atoms with Crippen molar-refractivity contribution in [3.63, 3.8) is 0 Å². The van der Waals surface area contributed by atoms with E-state index in [1.807, 2.05) is 36.4 Å². The van der Waals surface area contributed by atoms with E-state index in [1.54, 1.807) is 6.07 Å². The van der Waals surface area contributed by atoms with Crippen molar-refractivity contribution in [1.82, 2.24) is 4.31 Å². The van der Waals surface area contributed by atoms with E-state index in [4.69, 9.17) is 5.11 Å². The average molecular weight is 319 g/mol. The molecular weight excluding hydrogens is 302 g/mol. The molecule has 1 aliphatic heterocycles. The fourth-order valence-corrected chi connectivity index (χ4v) is 4.70. The van der Waals surface area contributed by atoms with E-state index in [1.165, 1.54) is 0 Å². The number of rotatable bonds is 4. The Morgan fingerprint density at radius 1 is 1.18 bits per heavy atom. The second-order valence-electron chi connectivity index (χ2n) is 5.54. The van der Waals surface area contributed by atoms with Crippen molar-refractivity contribution in [1.29, 1.82) is 0 Å². The minimum atomic E-state index is -3.62. The van der Waals surface area contributed by atoms with Gasteiger partial charge in [0.1, 0.15) is 6.04 Å². The Morgan fingerprint density at radius 2 is 1.91 bits per heavy atom. The molecule has 116 valence electrons. The summed E-state index contributed by atoms with van der Waals surface area (Å²) in [6.07, 6.45) is 0.972. The van der Waals surface area contributed by atoms with Crippen molar-refractivity contribution in [3.8, 4) is 0 Å². The van der Waals surface area contributed by atoms with Gasteiger partial charge in [0.2, 0.25) is 10.0 Å². The van der Waals surface area contributed by atoms with E-state index in [2.05, 4.69) is 0 Å². The molecule has 0 aromatic heterocycles. The van der Waals surface area contributed by atoms with Gasteiger partial charge in [-0.1, -0.05) is 42.5 Å². The van der Waals surface area contributed by atoms with Gasteiger partial charge in [-0.15, -0.1) is 0 Å². The summed E-state index contributed by atoms with van der Waals surface area (Å²) in [7, 11) is -3.62. The van der Waals surface area contributed by atoms with Crippen LogP contribution >= 0.6 is 0 Å². The number of nitrogens with zero attached hydrogens (tertiary/aromatic N) is 1. The van der Waals surface area contributed by atoms with Gasteiger partial charge >= 0.3 is 5.97 Å². The summed E-state index contributed by atoms with van der Waals surface area (Å²) in [5, 5.41) is 11.2. The number of sulfonamides is 1. The summed E-state index contributed by atoms with van der Waals surface area (Å²) in [5.74, 6) is -1.23. The molecule has 1 atom stereocenters. The third-order valence-electron chi connectivity index (χ3n) is 4.01. The van der Waals surface area contributed by atoms with Gasteiger partial charge < -0.3 is 5.11 Å². The van der Waals surface area contributed by atoms with Gasteiger partial charge in [-0.05, 0) is 29.2 Å². The number of hydrogen-bond acceptors (Lipinski definition) is 3. The second-order valence-corrected chi connectivity index (χ2v) is 7.47. The van der Waals surface area contributed by atoms with Crippen LogP contribution in [-0.4, -0.2) is 36.4 Å². The van der Waals surface area contributed by atoms with Crippen molar-refractivity contribution in [2.45, 2.75) is 24.6 Å². The first-order valence-corrected chi connectivity index (χ1v) is 8.78. The number of benzene rings is 2. The van der Waals surface area contributed by atoms with Crippen molar-refractivity contribution >= 4 is 26.8 Å². The summed E-state index contributed by atoms with van der Waals surface area (Å²) in [5.41, 5.74) is 0.676. The maximum Gasteiger partial charge on any atom is 0.322 e. The Morgan fingerprint density at radius 3 is 2.64 bits per heavy atom. The quantitative estimate of drug-likeness (QED) is 0.937. The van der Waals surface area contributed by atoms with Crippen LogP contribution in [0.15, 0.2) is 42.5 Å². The smallest absolute Gasteiger partial charge is 0.322 e. The molecule has 2 aromatic carbocycles. The van der Waals surface area contributed by atoms with Crippen LogP contribution in [0, 0.1) is 0 Å². The van der Waals surface area contributed by atoms with E-state index in [0.717, 1.165) is 15.1 Å². The molecule has 1 heterocycles. The van der Waals surface area contributed by atoms with Crippen molar-refractivity contribution in [3.05, 3.63) is 48.0 Å². The molecule has 1 fully saturated rings. The minimum Gasteiger partial charge on any atom is -0.480 e. The van der Waals surface area contributed by atoms with Gasteiger partial charge in [0, 0.05) is 6.54 Å². The molecule has 0 saturated carbocycles. The molecule has 1 aliphatic rings. The van der Waals surface area contributed by atoms with Crippen LogP contribution in [0.2, 0.25) is 0 Å². The van der Waals surface area contributed by atoms with Crippen LogP contribution in [0.25, 0.3) is 10.8 Å². The summed E-state index contributed by atoms with van der Waals surface area (Å²) < 4.78 is 26.2. The topological polar surface area (TPSA) is 74.7 Å². The van der Waals surface area contributed by atoms with Crippen LogP contribution in [0.4, 0.5) is 0 Å². The van der Waals surface area contributed by atoms with Gasteiger partial charge in [0.15, 0.2) is 0 Å². The molecule has 1 N–H and O–H groups in total. The maximum atomic E-state index is 12.5. The predicted molar refractivity (Wildman–Crippen MR) is 83.9 cm³/mol. The highest BCUT2D eigenvalue weighted by Crippen LogP contribution is 2.25. The molecule has 0 unspecified atom stereocenters. The number of fused-ring (bicyclic) bond motifs is 1. The molecule has 22 heavy (non-hydrogen) atoms. The lowest BCUT2D eigenvalue weighted by molar-refractivity contribution is -0.140. The van der Waals surface area contributed by atoms with E-state index in [9.17, 15) is 13.2 Å². The lowest BCUT2D eigenvalue weighted by Gasteiger charge is -2.21. The van der Waals surface area contributed by atoms with E-state index < -0.39 is 22.0 Å². The molecular formula is C16H17NO4S. The summed E-state index contributed by atoms with van der Waals surface area (Å²) in [4.78, 5) is 11.2. The monoisotopic (exact) mass is 319 g/mol. The van der Waals surface area contributed by atoms with Gasteiger partial charge in [-0.25, -0.2) is 8.42 Å². The number of carboxylic acids is 1. The highest BCUT2D eigenvalue weighted by atomic mass is 32.2. The molecule has 0 spiro atoms. The Bertz CT molecular complexity index is 816. The fourth-order valence-electron chi connectivity index (χ4n) is 2.94. The van der Waals surface area contributed by atoms with Gasteiger partial charge in [0.05, 0.1) is 5.75 Å². The van der Waals surface area contributed by atoms with Gasteiger partial charge in [0.25, 0.3) is 0 Å². The Balaban J connectivity index is 1.88. The number of carboxylic acid groups (broad SMARTS) is 1. The highest BCUT2D eigenvalue weighted by molar-refractivity contribution is 7.88. The van der Waals surface area contributed by atoms with Crippen molar-refractivity contribution in [2.24, 2.45) is 0 Å². The molecule has 1 saturated heterocycles. The van der Waals surface area contributed by atoms with E-state index in [-0.39, 0.29) is 12.3 Å². The van der Waals surface area contributed by atoms with Crippen molar-refractivity contribution < 1.29 is 18.3 Å². The van der Waals surface area contributed by atoms with Crippen LogP contribution in [0.5, 0.6) is 0 Å². The molecule has 0 amide bonds. The van der Waals surface area contributed by atoms with Gasteiger partial charge in [-0.3, -0.25) is 4.79 Å². The minimum absolute atomic E-state index is 0.165. The van der Waals surface area contributed by atoms with Crippen LogP contribution in [0.1, 0.15) is 18.4 Å². The molecule has 3 rings (SSSR count). The Hall–Kier alpha value is -1.92. The summed E-state index contributed by atoms with van der Waals surface area (Å²) in [6.45, 7) is 0.285. The van der Waals surface area contributed by atoms with E-state index in [0.29, 0.717) is 18.4 Å². The van der Waals surface area contributed by atoms with Crippen molar-refractivity contribution in [2.75, 3.05) is 6.54 Å². The zero-order valence-corrected chi connectivity index (χ0v) is 12.8. The first kappa shape index (κ1) is 15.0. The largest absolute Gasteiger partial charge is 0.480 e. The number of carbonyl (C=O) groups is 1.